The van der Waals surface area contributed by atoms with Crippen molar-refractivity contribution in [2.45, 2.75) is 118 Å². The Hall–Kier alpha value is -6.26. The van der Waals surface area contributed by atoms with Crippen molar-refractivity contribution in [3.8, 4) is 67.5 Å². The van der Waals surface area contributed by atoms with E-state index in [0.717, 1.165) is 73.3 Å². The van der Waals surface area contributed by atoms with Crippen molar-refractivity contribution >= 4 is 11.0 Å². The zero-order chi connectivity index (χ0) is 45.9. The summed E-state index contributed by atoms with van der Waals surface area (Å²) in [5.74, 6) is 0.963. The zero-order valence-electron chi connectivity index (χ0n) is 40.3. The van der Waals surface area contributed by atoms with E-state index >= 15 is 0 Å². The number of phenolic OH excluding ortho intramolecular Hbond substituents is 1. The molecule has 0 fully saturated rings. The van der Waals surface area contributed by atoms with E-state index in [9.17, 15) is 5.11 Å². The van der Waals surface area contributed by atoms with Gasteiger partial charge in [-0.25, -0.2) is 4.98 Å². The first-order valence-electron chi connectivity index (χ1n) is 22.9. The van der Waals surface area contributed by atoms with Crippen LogP contribution in [0.3, 0.4) is 0 Å². The van der Waals surface area contributed by atoms with Crippen LogP contribution < -0.4 is 0 Å². The highest BCUT2D eigenvalue weighted by Crippen LogP contribution is 2.45. The molecule has 0 amide bonds. The van der Waals surface area contributed by atoms with Gasteiger partial charge < -0.3 is 5.11 Å². The summed E-state index contributed by atoms with van der Waals surface area (Å²) in [6.07, 6.45) is 2.94. The Labute approximate surface area is 382 Å². The van der Waals surface area contributed by atoms with Crippen LogP contribution in [0, 0.1) is 6.92 Å². The molecule has 0 saturated carbocycles. The standard InChI is InChI=1S/C60H65N3O/c1-14-60(12,13)45-27-28-52(48(37-45)40-19-16-15-17-20-40)63-53-22-18-21-47(54(53)62-56(63)49-31-38(2)32-50(55(49)64)59(9,10)11)42-33-43(35-46(34-42)58(6,7)8)51-36-41(29-30-61-51)39-23-25-44(26-24-39)57(3,4)5/h15-37,64H,14H2,1-13H3. The number of aryl methyl sites for hydroxylation is 1. The van der Waals surface area contributed by atoms with Crippen molar-refractivity contribution in [2.24, 2.45) is 0 Å². The molecule has 0 aliphatic carbocycles. The van der Waals surface area contributed by atoms with Crippen LogP contribution in [0.5, 0.6) is 5.75 Å². The Morgan fingerprint density at radius 3 is 1.84 bits per heavy atom. The summed E-state index contributed by atoms with van der Waals surface area (Å²) in [6.45, 7) is 29.0. The smallest absolute Gasteiger partial charge is 0.149 e. The molecule has 64 heavy (non-hydrogen) atoms. The lowest BCUT2D eigenvalue weighted by molar-refractivity contribution is 0.448. The van der Waals surface area contributed by atoms with Gasteiger partial charge in [0.05, 0.1) is 28.0 Å². The van der Waals surface area contributed by atoms with E-state index in [-0.39, 0.29) is 27.4 Å². The van der Waals surface area contributed by atoms with Crippen LogP contribution in [0.4, 0.5) is 0 Å². The van der Waals surface area contributed by atoms with Gasteiger partial charge in [-0.3, -0.25) is 9.55 Å². The molecule has 8 aromatic rings. The summed E-state index contributed by atoms with van der Waals surface area (Å²) < 4.78 is 2.29. The molecule has 0 aliphatic rings. The second kappa shape index (κ2) is 16.4. The van der Waals surface area contributed by atoms with Crippen LogP contribution in [-0.2, 0) is 21.7 Å². The van der Waals surface area contributed by atoms with Gasteiger partial charge in [-0.05, 0) is 128 Å². The molecule has 0 unspecified atom stereocenters. The number of hydrogen-bond donors (Lipinski definition) is 1. The van der Waals surface area contributed by atoms with Gasteiger partial charge in [0, 0.05) is 28.5 Å². The number of aromatic nitrogens is 3. The minimum atomic E-state index is -0.291. The van der Waals surface area contributed by atoms with Crippen molar-refractivity contribution < 1.29 is 5.11 Å². The van der Waals surface area contributed by atoms with Crippen molar-refractivity contribution in [3.05, 3.63) is 167 Å². The highest BCUT2D eigenvalue weighted by Gasteiger charge is 2.28. The first-order valence-corrected chi connectivity index (χ1v) is 22.9. The predicted molar refractivity (Wildman–Crippen MR) is 272 cm³/mol. The van der Waals surface area contributed by atoms with Gasteiger partial charge in [0.2, 0.25) is 0 Å². The SMILES string of the molecule is CCC(C)(C)c1ccc(-n2c(-c3cc(C)cc(C(C)(C)C)c3O)nc3c(-c4cc(-c5cc(-c6ccc(C(C)(C)C)cc6)ccn5)cc(C(C)(C)C)c4)cccc32)c(-c2ccccc2)c1. The number of nitrogens with zero attached hydrogens (tertiary/aromatic N) is 3. The molecule has 326 valence electrons. The van der Waals surface area contributed by atoms with Gasteiger partial charge in [0.25, 0.3) is 0 Å². The summed E-state index contributed by atoms with van der Waals surface area (Å²) in [4.78, 5) is 10.6. The van der Waals surface area contributed by atoms with Crippen molar-refractivity contribution in [2.75, 3.05) is 0 Å². The van der Waals surface area contributed by atoms with Gasteiger partial charge in [0.15, 0.2) is 0 Å². The maximum absolute atomic E-state index is 12.3. The van der Waals surface area contributed by atoms with Crippen LogP contribution in [0.15, 0.2) is 140 Å². The van der Waals surface area contributed by atoms with Crippen LogP contribution in [0.2, 0.25) is 0 Å². The highest BCUT2D eigenvalue weighted by molar-refractivity contribution is 5.98. The molecular weight excluding hydrogens is 779 g/mol. The first kappa shape index (κ1) is 44.4. The third kappa shape index (κ3) is 8.55. The fourth-order valence-corrected chi connectivity index (χ4v) is 8.78. The summed E-state index contributed by atoms with van der Waals surface area (Å²) in [6, 6.07) is 48.4. The minimum absolute atomic E-state index is 0.0213. The lowest BCUT2D eigenvalue weighted by atomic mass is 9.81. The Morgan fingerprint density at radius 1 is 0.516 bits per heavy atom. The number of phenols is 1. The third-order valence-electron chi connectivity index (χ3n) is 13.2. The van der Waals surface area contributed by atoms with Crippen molar-refractivity contribution in [1.82, 2.24) is 14.5 Å². The molecule has 4 heteroatoms. The number of imidazole rings is 1. The van der Waals surface area contributed by atoms with Gasteiger partial charge in [-0.2, -0.15) is 0 Å². The van der Waals surface area contributed by atoms with Crippen LogP contribution in [0.1, 0.15) is 117 Å². The van der Waals surface area contributed by atoms with Gasteiger partial charge >= 0.3 is 0 Å². The second-order valence-corrected chi connectivity index (χ2v) is 21.5. The molecule has 2 aromatic heterocycles. The molecule has 2 heterocycles. The molecule has 0 aliphatic heterocycles. The molecule has 0 atom stereocenters. The lowest BCUT2D eigenvalue weighted by Gasteiger charge is -2.26. The summed E-state index contributed by atoms with van der Waals surface area (Å²) in [5.41, 5.74) is 17.6. The number of para-hydroxylation sites is 1. The average Bonchev–Trinajstić information content (AvgIpc) is 3.65. The van der Waals surface area contributed by atoms with E-state index in [1.165, 1.54) is 22.3 Å². The van der Waals surface area contributed by atoms with E-state index in [4.69, 9.17) is 9.97 Å². The van der Waals surface area contributed by atoms with E-state index < -0.39 is 0 Å². The molecule has 0 saturated heterocycles. The Balaban J connectivity index is 1.40. The number of rotatable bonds is 8. The number of fused-ring (bicyclic) bond motifs is 1. The zero-order valence-corrected chi connectivity index (χ0v) is 40.3. The normalized spacial score (nSPS) is 12.6. The first-order chi connectivity index (χ1) is 30.1. The lowest BCUT2D eigenvalue weighted by Crippen LogP contribution is -2.16. The molecule has 1 N–H and O–H groups in total. The Bertz CT molecular complexity index is 3000. The molecule has 0 spiro atoms. The average molecular weight is 844 g/mol. The Morgan fingerprint density at radius 2 is 1.19 bits per heavy atom. The van der Waals surface area contributed by atoms with Crippen LogP contribution in [0.25, 0.3) is 72.7 Å². The number of aromatic hydroxyl groups is 1. The molecule has 6 aromatic carbocycles. The molecule has 8 rings (SSSR count). The molecule has 0 radical (unpaired) electrons. The van der Waals surface area contributed by atoms with E-state index in [0.29, 0.717) is 11.4 Å². The Kier molecular flexibility index (Phi) is 11.4. The quantitative estimate of drug-likeness (QED) is 0.166. The molecule has 0 bridgehead atoms. The molecular formula is C60H65N3O. The topological polar surface area (TPSA) is 50.9 Å². The van der Waals surface area contributed by atoms with Crippen molar-refractivity contribution in [1.29, 1.82) is 0 Å². The molecule has 4 nitrogen and oxygen atoms in total. The maximum atomic E-state index is 12.3. The van der Waals surface area contributed by atoms with Crippen LogP contribution >= 0.6 is 0 Å². The summed E-state index contributed by atoms with van der Waals surface area (Å²) in [7, 11) is 0. The minimum Gasteiger partial charge on any atom is -0.507 e. The number of benzene rings is 6. The van der Waals surface area contributed by atoms with Gasteiger partial charge in [-0.15, -0.1) is 0 Å². The highest BCUT2D eigenvalue weighted by atomic mass is 16.3. The third-order valence-corrected chi connectivity index (χ3v) is 13.2. The van der Waals surface area contributed by atoms with Gasteiger partial charge in [-0.1, -0.05) is 168 Å². The largest absolute Gasteiger partial charge is 0.507 e. The van der Waals surface area contributed by atoms with Crippen molar-refractivity contribution in [3.63, 3.8) is 0 Å². The maximum Gasteiger partial charge on any atom is 0.149 e. The van der Waals surface area contributed by atoms with Gasteiger partial charge in [0.1, 0.15) is 11.6 Å². The number of hydrogen-bond acceptors (Lipinski definition) is 3. The van der Waals surface area contributed by atoms with Crippen LogP contribution in [-0.4, -0.2) is 19.6 Å². The summed E-state index contributed by atoms with van der Waals surface area (Å²) in [5, 5.41) is 12.3. The fraction of sp³-hybridized carbons (Fsp3) is 0.300. The summed E-state index contributed by atoms with van der Waals surface area (Å²) >= 11 is 0. The predicted octanol–water partition coefficient (Wildman–Crippen LogP) is 16.3. The van der Waals surface area contributed by atoms with E-state index in [1.54, 1.807) is 0 Å². The fourth-order valence-electron chi connectivity index (χ4n) is 8.78. The van der Waals surface area contributed by atoms with E-state index in [2.05, 4.69) is 228 Å². The van der Waals surface area contributed by atoms with E-state index in [1.807, 2.05) is 6.20 Å². The number of pyridine rings is 1. The monoisotopic (exact) mass is 844 g/mol. The second-order valence-electron chi connectivity index (χ2n) is 21.5.